The fraction of sp³-hybridized carbons (Fsp3) is 0.333. The average Bonchev–Trinajstić information content (AvgIpc) is 3.17. The number of nitrogens with zero attached hydrogens (tertiary/aromatic N) is 2. The number of carbonyl (C=O) groups is 1. The van der Waals surface area contributed by atoms with Gasteiger partial charge in [0.25, 0.3) is 0 Å². The monoisotopic (exact) mass is 543 g/mol. The smallest absolute Gasteiger partial charge is 0.246 e. The zero-order chi connectivity index (χ0) is 20.6. The van der Waals surface area contributed by atoms with Crippen LogP contribution >= 0.6 is 35.6 Å². The molecule has 7 nitrogen and oxygen atoms in total. The molecule has 162 valence electrons. The molecule has 0 aromatic heterocycles. The van der Waals surface area contributed by atoms with Crippen molar-refractivity contribution in [1.29, 1.82) is 0 Å². The Hall–Kier alpha value is -2.20. The first kappa shape index (κ1) is 24.1. The lowest BCUT2D eigenvalue weighted by Crippen LogP contribution is -2.45. The average molecular weight is 544 g/mol. The van der Waals surface area contributed by atoms with Crippen LogP contribution in [-0.2, 0) is 4.79 Å². The van der Waals surface area contributed by atoms with E-state index in [4.69, 9.17) is 11.6 Å². The molecule has 4 N–H and O–H groups in total. The third-order valence-corrected chi connectivity index (χ3v) is 4.81. The van der Waals surface area contributed by atoms with Gasteiger partial charge < -0.3 is 26.0 Å². The van der Waals surface area contributed by atoms with Crippen LogP contribution in [0.15, 0.2) is 53.5 Å². The van der Waals surface area contributed by atoms with E-state index in [2.05, 4.69) is 31.9 Å². The highest BCUT2D eigenvalue weighted by atomic mass is 127. The highest BCUT2D eigenvalue weighted by Gasteiger charge is 2.23. The lowest BCUT2D eigenvalue weighted by molar-refractivity contribution is -0.114. The van der Waals surface area contributed by atoms with Crippen molar-refractivity contribution in [2.45, 2.75) is 19.4 Å². The molecular formula is C21H27ClIN5O2. The summed E-state index contributed by atoms with van der Waals surface area (Å²) < 4.78 is 0. The van der Waals surface area contributed by atoms with Crippen molar-refractivity contribution in [3.05, 3.63) is 53.6 Å². The minimum atomic E-state index is -0.222. The number of benzene rings is 2. The summed E-state index contributed by atoms with van der Waals surface area (Å²) in [6.07, 6.45) is 0.969. The first-order valence-electron chi connectivity index (χ1n) is 9.67. The Kier molecular flexibility index (Phi) is 9.51. The number of halogens is 2. The normalized spacial score (nSPS) is 16.0. The van der Waals surface area contributed by atoms with Crippen LogP contribution in [0.25, 0.3) is 0 Å². The maximum absolute atomic E-state index is 12.2. The number of amides is 1. The number of anilines is 2. The van der Waals surface area contributed by atoms with E-state index in [1.807, 2.05) is 25.1 Å². The largest absolute Gasteiger partial charge is 0.508 e. The van der Waals surface area contributed by atoms with E-state index in [0.29, 0.717) is 18.2 Å². The number of phenols is 1. The molecule has 1 aliphatic rings. The fourth-order valence-electron chi connectivity index (χ4n) is 3.19. The molecule has 1 fully saturated rings. The first-order valence-corrected chi connectivity index (χ1v) is 10.1. The van der Waals surface area contributed by atoms with Crippen molar-refractivity contribution in [3.63, 3.8) is 0 Å². The summed E-state index contributed by atoms with van der Waals surface area (Å²) in [5, 5.41) is 19.4. The van der Waals surface area contributed by atoms with Gasteiger partial charge in [-0.15, -0.1) is 24.0 Å². The number of aliphatic imine (C=N–C) groups is 1. The number of aromatic hydroxyl groups is 1. The Bertz CT molecular complexity index is 863. The molecule has 0 saturated carbocycles. The Morgan fingerprint density at radius 1 is 1.27 bits per heavy atom. The van der Waals surface area contributed by atoms with Gasteiger partial charge in [0.15, 0.2) is 5.96 Å². The molecule has 0 aliphatic carbocycles. The van der Waals surface area contributed by atoms with E-state index in [9.17, 15) is 9.90 Å². The second kappa shape index (κ2) is 11.8. The SMILES string of the molecule is CCNC(=NCC(=O)Nc1ccc(O)cc1)NC1CCN(c2cccc(Cl)c2)C1.I. The van der Waals surface area contributed by atoms with Crippen LogP contribution in [0.1, 0.15) is 13.3 Å². The number of phenolic OH excluding ortho intramolecular Hbond substituents is 1. The molecule has 0 bridgehead atoms. The minimum absolute atomic E-state index is 0. The first-order chi connectivity index (χ1) is 14.0. The van der Waals surface area contributed by atoms with Crippen molar-refractivity contribution in [2.24, 2.45) is 4.99 Å². The van der Waals surface area contributed by atoms with Gasteiger partial charge in [-0.25, -0.2) is 4.99 Å². The number of nitrogens with one attached hydrogen (secondary N) is 3. The molecule has 30 heavy (non-hydrogen) atoms. The lowest BCUT2D eigenvalue weighted by Gasteiger charge is -2.20. The number of hydrogen-bond acceptors (Lipinski definition) is 4. The third-order valence-electron chi connectivity index (χ3n) is 4.58. The maximum atomic E-state index is 12.2. The second-order valence-electron chi connectivity index (χ2n) is 6.85. The van der Waals surface area contributed by atoms with Gasteiger partial charge in [0.2, 0.25) is 5.91 Å². The van der Waals surface area contributed by atoms with E-state index in [-0.39, 0.29) is 48.2 Å². The number of guanidine groups is 1. The Morgan fingerprint density at radius 3 is 2.73 bits per heavy atom. The van der Waals surface area contributed by atoms with Crippen LogP contribution in [0.2, 0.25) is 5.02 Å². The molecule has 0 radical (unpaired) electrons. The van der Waals surface area contributed by atoms with Gasteiger partial charge >= 0.3 is 0 Å². The summed E-state index contributed by atoms with van der Waals surface area (Å²) in [5.74, 6) is 0.550. The molecule has 2 aromatic carbocycles. The van der Waals surface area contributed by atoms with Crippen molar-refractivity contribution < 1.29 is 9.90 Å². The highest BCUT2D eigenvalue weighted by Crippen LogP contribution is 2.23. The van der Waals surface area contributed by atoms with Crippen LogP contribution in [-0.4, -0.2) is 49.2 Å². The van der Waals surface area contributed by atoms with Gasteiger partial charge in [-0.1, -0.05) is 17.7 Å². The molecule has 9 heteroatoms. The van der Waals surface area contributed by atoms with Crippen molar-refractivity contribution in [2.75, 3.05) is 36.4 Å². The van der Waals surface area contributed by atoms with E-state index >= 15 is 0 Å². The van der Waals surface area contributed by atoms with Gasteiger partial charge in [0.1, 0.15) is 12.3 Å². The standard InChI is InChI=1S/C21H26ClN5O2.HI/c1-2-23-21(24-13-20(29)25-16-6-8-19(28)9-7-16)26-17-10-11-27(14-17)18-5-3-4-15(22)12-18;/h3-9,12,17,28H,2,10-11,13-14H2,1H3,(H,25,29)(H2,23,24,26);1H. The van der Waals surface area contributed by atoms with E-state index in [1.54, 1.807) is 12.1 Å². The van der Waals surface area contributed by atoms with Gasteiger partial charge in [-0.3, -0.25) is 4.79 Å². The molecule has 1 atom stereocenters. The number of hydrogen-bond donors (Lipinski definition) is 4. The molecule has 1 amide bonds. The topological polar surface area (TPSA) is 89.0 Å². The Balaban J connectivity index is 0.00000320. The quantitative estimate of drug-likeness (QED) is 0.194. The van der Waals surface area contributed by atoms with E-state index < -0.39 is 0 Å². The predicted octanol–water partition coefficient (Wildman–Crippen LogP) is 3.44. The van der Waals surface area contributed by atoms with Gasteiger partial charge in [0, 0.05) is 42.1 Å². The van der Waals surface area contributed by atoms with Crippen LogP contribution < -0.4 is 20.9 Å². The molecule has 0 spiro atoms. The molecule has 1 saturated heterocycles. The number of carbonyl (C=O) groups excluding carboxylic acids is 1. The maximum Gasteiger partial charge on any atom is 0.246 e. The third kappa shape index (κ3) is 7.24. The molecule has 1 unspecified atom stereocenters. The Morgan fingerprint density at radius 2 is 2.03 bits per heavy atom. The molecule has 3 rings (SSSR count). The van der Waals surface area contributed by atoms with Crippen molar-refractivity contribution >= 4 is 58.8 Å². The molecule has 1 heterocycles. The van der Waals surface area contributed by atoms with Crippen LogP contribution in [0, 0.1) is 0 Å². The summed E-state index contributed by atoms with van der Waals surface area (Å²) in [6, 6.07) is 14.4. The molecule has 1 aliphatic heterocycles. The highest BCUT2D eigenvalue weighted by molar-refractivity contribution is 14.0. The minimum Gasteiger partial charge on any atom is -0.508 e. The lowest BCUT2D eigenvalue weighted by atomic mass is 10.2. The van der Waals surface area contributed by atoms with Gasteiger partial charge in [-0.2, -0.15) is 0 Å². The Labute approximate surface area is 198 Å². The van der Waals surface area contributed by atoms with E-state index in [1.165, 1.54) is 12.1 Å². The van der Waals surface area contributed by atoms with Gasteiger partial charge in [-0.05, 0) is 55.8 Å². The summed E-state index contributed by atoms with van der Waals surface area (Å²) in [7, 11) is 0. The van der Waals surface area contributed by atoms with Crippen LogP contribution in [0.4, 0.5) is 11.4 Å². The van der Waals surface area contributed by atoms with E-state index in [0.717, 1.165) is 30.2 Å². The van der Waals surface area contributed by atoms with Crippen LogP contribution in [0.3, 0.4) is 0 Å². The predicted molar refractivity (Wildman–Crippen MR) is 133 cm³/mol. The molecule has 2 aromatic rings. The fourth-order valence-corrected chi connectivity index (χ4v) is 3.38. The zero-order valence-corrected chi connectivity index (χ0v) is 19.9. The second-order valence-corrected chi connectivity index (χ2v) is 7.28. The molecular weight excluding hydrogens is 517 g/mol. The van der Waals surface area contributed by atoms with Crippen molar-refractivity contribution in [3.8, 4) is 5.75 Å². The van der Waals surface area contributed by atoms with Gasteiger partial charge in [0.05, 0.1) is 0 Å². The van der Waals surface area contributed by atoms with Crippen LogP contribution in [0.5, 0.6) is 5.75 Å². The zero-order valence-electron chi connectivity index (χ0n) is 16.8. The number of rotatable bonds is 6. The summed E-state index contributed by atoms with van der Waals surface area (Å²) >= 11 is 6.10. The van der Waals surface area contributed by atoms with Crippen molar-refractivity contribution in [1.82, 2.24) is 10.6 Å². The summed E-state index contributed by atoms with van der Waals surface area (Å²) in [6.45, 7) is 4.46. The summed E-state index contributed by atoms with van der Waals surface area (Å²) in [5.41, 5.74) is 1.73. The summed E-state index contributed by atoms with van der Waals surface area (Å²) in [4.78, 5) is 18.8.